The molecule has 0 heterocycles. The number of benzene rings is 9. The van der Waals surface area contributed by atoms with E-state index in [9.17, 15) is 16.8 Å². The maximum Gasteiger partial charge on any atom is 0.206 e. The summed E-state index contributed by atoms with van der Waals surface area (Å²) in [4.78, 5) is 0.742. The summed E-state index contributed by atoms with van der Waals surface area (Å²) in [5, 5.41) is 0. The molecule has 370 valence electrons. The average molecular weight is 1020 g/mol. The summed E-state index contributed by atoms with van der Waals surface area (Å²) in [6, 6.07) is 63.2. The van der Waals surface area contributed by atoms with Gasteiger partial charge in [-0.15, -0.1) is 0 Å². The van der Waals surface area contributed by atoms with Crippen LogP contribution < -0.4 is 18.9 Å². The van der Waals surface area contributed by atoms with E-state index in [4.69, 9.17) is 18.9 Å². The summed E-state index contributed by atoms with van der Waals surface area (Å²) < 4.78 is 79.7. The highest BCUT2D eigenvalue weighted by atomic mass is 32.2. The van der Waals surface area contributed by atoms with Crippen molar-refractivity contribution in [1.29, 1.82) is 0 Å². The Balaban J connectivity index is 0.743. The van der Waals surface area contributed by atoms with Crippen LogP contribution in [-0.2, 0) is 25.1 Å². The molecule has 3 aliphatic carbocycles. The molecule has 0 aromatic heterocycles. The molecule has 0 N–H and O–H groups in total. The lowest BCUT2D eigenvalue weighted by atomic mass is 9.60. The highest BCUT2D eigenvalue weighted by molar-refractivity contribution is 7.91. The highest BCUT2D eigenvalue weighted by Crippen LogP contribution is 2.60. The number of rotatable bonds is 13. The van der Waals surface area contributed by atoms with Gasteiger partial charge in [-0.3, -0.25) is 0 Å². The minimum absolute atomic E-state index is 0.0219. The molecule has 10 heteroatoms. The first-order chi connectivity index (χ1) is 35.4. The molecule has 0 saturated heterocycles. The summed E-state index contributed by atoms with van der Waals surface area (Å²) >= 11 is 0. The fourth-order valence-electron chi connectivity index (χ4n) is 10.2. The van der Waals surface area contributed by atoms with Gasteiger partial charge in [-0.05, 0) is 182 Å². The van der Waals surface area contributed by atoms with Crippen LogP contribution in [0, 0.1) is 6.92 Å². The SMILES string of the molecule is Cc1ccc(S(=O)(=O)c2ccc(Oc3ccc(C(C)(C)c4ccc(Oc5ccc(S(=O)(=O)c6ccc(Oc7ccc(OC(C)(C)C)c8c7C7c9ccccc9C8c8ccccc87)cc6)cc5)cc4)cc3)cc2)cc1. The van der Waals surface area contributed by atoms with E-state index in [2.05, 4.69) is 83.1 Å². The third-order valence-corrected chi connectivity index (χ3v) is 17.6. The standard InChI is InChI=1S/C64H54O8S2/c1-41-15-31-49(32-16-41)73(65,66)50-33-25-46(26-34-50)69-44-21-17-42(18-22-44)64(5,6)43-19-23-45(24-20-43)70-47-27-35-51(36-28-47)74(67,68)52-37-29-48(30-38-52)71-57-39-40-58(72-63(2,3)4)62-60-55-13-9-7-11-53(55)59(61(57)62)54-12-8-10-14-56(54)60/h7-40,59-60H,1-6H3. The Morgan fingerprint density at radius 2 is 0.649 bits per heavy atom. The largest absolute Gasteiger partial charge is 0.488 e. The van der Waals surface area contributed by atoms with Crippen LogP contribution in [0.3, 0.4) is 0 Å². The van der Waals surface area contributed by atoms with Gasteiger partial charge >= 0.3 is 0 Å². The number of hydrogen-bond acceptors (Lipinski definition) is 8. The molecule has 0 amide bonds. The monoisotopic (exact) mass is 1010 g/mol. The van der Waals surface area contributed by atoms with Crippen molar-refractivity contribution in [2.45, 2.75) is 84.0 Å². The van der Waals surface area contributed by atoms with Crippen molar-refractivity contribution in [2.24, 2.45) is 0 Å². The van der Waals surface area contributed by atoms with Gasteiger partial charge in [0.05, 0.1) is 19.6 Å². The van der Waals surface area contributed by atoms with Crippen molar-refractivity contribution in [3.05, 3.63) is 256 Å². The summed E-state index contributed by atoms with van der Waals surface area (Å²) in [6.45, 7) is 12.4. The smallest absolute Gasteiger partial charge is 0.206 e. The van der Waals surface area contributed by atoms with Crippen LogP contribution in [0.25, 0.3) is 0 Å². The number of hydrogen-bond donors (Lipinski definition) is 0. The summed E-state index contributed by atoms with van der Waals surface area (Å²) in [5.41, 5.74) is 9.57. The first-order valence-electron chi connectivity index (χ1n) is 24.6. The third kappa shape index (κ3) is 9.03. The minimum atomic E-state index is -3.87. The zero-order valence-electron chi connectivity index (χ0n) is 41.9. The number of aryl methyl sites for hydroxylation is 1. The highest BCUT2D eigenvalue weighted by Gasteiger charge is 2.45. The first-order valence-corrected chi connectivity index (χ1v) is 27.6. The van der Waals surface area contributed by atoms with Crippen LogP contribution in [0.5, 0.6) is 40.2 Å². The number of ether oxygens (including phenoxy) is 4. The lowest BCUT2D eigenvalue weighted by Gasteiger charge is -2.43. The van der Waals surface area contributed by atoms with Gasteiger partial charge in [0, 0.05) is 28.4 Å². The van der Waals surface area contributed by atoms with Crippen LogP contribution in [0.4, 0.5) is 0 Å². The second-order valence-electron chi connectivity index (χ2n) is 20.4. The van der Waals surface area contributed by atoms with Crippen molar-refractivity contribution < 1.29 is 35.8 Å². The van der Waals surface area contributed by atoms with Gasteiger partial charge in [0.25, 0.3) is 0 Å². The molecule has 0 atom stereocenters. The van der Waals surface area contributed by atoms with Crippen molar-refractivity contribution in [1.82, 2.24) is 0 Å². The Bertz CT molecular complexity index is 3740. The average Bonchev–Trinajstić information content (AvgIpc) is 3.40. The van der Waals surface area contributed by atoms with Crippen LogP contribution >= 0.6 is 0 Å². The Hall–Kier alpha value is -7.92. The van der Waals surface area contributed by atoms with E-state index in [1.165, 1.54) is 22.3 Å². The predicted molar refractivity (Wildman–Crippen MR) is 288 cm³/mol. The molecular weight excluding hydrogens is 961 g/mol. The van der Waals surface area contributed by atoms with E-state index in [0.717, 1.165) is 33.6 Å². The van der Waals surface area contributed by atoms with Crippen LogP contribution in [-0.4, -0.2) is 22.4 Å². The molecule has 74 heavy (non-hydrogen) atoms. The zero-order valence-corrected chi connectivity index (χ0v) is 43.5. The molecule has 8 nitrogen and oxygen atoms in total. The van der Waals surface area contributed by atoms with Crippen molar-refractivity contribution in [3.63, 3.8) is 0 Å². The summed E-state index contributed by atoms with van der Waals surface area (Å²) in [6.07, 6.45) is 0. The quantitative estimate of drug-likeness (QED) is 0.112. The molecule has 0 unspecified atom stereocenters. The Morgan fingerprint density at radius 1 is 0.351 bits per heavy atom. The number of sulfone groups is 2. The fourth-order valence-corrected chi connectivity index (χ4v) is 12.7. The second-order valence-corrected chi connectivity index (χ2v) is 24.3. The Kier molecular flexibility index (Phi) is 12.1. The Morgan fingerprint density at radius 3 is 1.00 bits per heavy atom. The molecule has 9 aromatic carbocycles. The van der Waals surface area contributed by atoms with E-state index in [1.807, 2.05) is 67.6 Å². The van der Waals surface area contributed by atoms with Gasteiger partial charge in [-0.25, -0.2) is 16.8 Å². The first kappa shape index (κ1) is 48.4. The van der Waals surface area contributed by atoms with E-state index < -0.39 is 25.3 Å². The van der Waals surface area contributed by atoms with Gasteiger partial charge < -0.3 is 18.9 Å². The van der Waals surface area contributed by atoms with Crippen molar-refractivity contribution >= 4 is 19.7 Å². The van der Waals surface area contributed by atoms with Crippen molar-refractivity contribution in [3.8, 4) is 40.2 Å². The lowest BCUT2D eigenvalue weighted by molar-refractivity contribution is 0.128. The van der Waals surface area contributed by atoms with E-state index in [-0.39, 0.29) is 36.8 Å². The summed E-state index contributed by atoms with van der Waals surface area (Å²) in [7, 11) is -7.51. The van der Waals surface area contributed by atoms with Crippen molar-refractivity contribution in [2.75, 3.05) is 0 Å². The maximum absolute atomic E-state index is 14.0. The molecule has 0 saturated carbocycles. The van der Waals surface area contributed by atoms with E-state index in [1.54, 1.807) is 97.1 Å². The third-order valence-electron chi connectivity index (χ3n) is 14.0. The molecule has 0 radical (unpaired) electrons. The molecule has 2 bridgehead atoms. The Labute approximate surface area is 433 Å². The van der Waals surface area contributed by atoms with Gasteiger partial charge in [0.15, 0.2) is 0 Å². The molecule has 0 fully saturated rings. The van der Waals surface area contributed by atoms with E-state index >= 15 is 0 Å². The van der Waals surface area contributed by atoms with Gasteiger partial charge in [-0.1, -0.05) is 104 Å². The van der Waals surface area contributed by atoms with Gasteiger partial charge in [0.1, 0.15) is 45.8 Å². The summed E-state index contributed by atoms with van der Waals surface area (Å²) in [5.74, 6) is 4.24. The topological polar surface area (TPSA) is 105 Å². The lowest BCUT2D eigenvalue weighted by Crippen LogP contribution is -2.30. The molecule has 3 aliphatic rings. The maximum atomic E-state index is 14.0. The van der Waals surface area contributed by atoms with Gasteiger partial charge in [0.2, 0.25) is 19.7 Å². The van der Waals surface area contributed by atoms with E-state index in [0.29, 0.717) is 34.5 Å². The van der Waals surface area contributed by atoms with Gasteiger partial charge in [-0.2, -0.15) is 0 Å². The molecular formula is C64H54O8S2. The second kappa shape index (κ2) is 18.5. The molecule has 12 rings (SSSR count). The zero-order chi connectivity index (χ0) is 51.6. The fraction of sp³-hybridized carbons (Fsp3) is 0.156. The predicted octanol–water partition coefficient (Wildman–Crippen LogP) is 15.5. The minimum Gasteiger partial charge on any atom is -0.488 e. The van der Waals surface area contributed by atoms with Crippen LogP contribution in [0.15, 0.2) is 226 Å². The molecule has 9 aromatic rings. The molecule has 0 spiro atoms. The normalized spacial score (nSPS) is 14.8. The molecule has 0 aliphatic heterocycles. The van der Waals surface area contributed by atoms with Crippen LogP contribution in [0.2, 0.25) is 0 Å². The van der Waals surface area contributed by atoms with Crippen LogP contribution in [0.1, 0.15) is 96.5 Å².